The molecule has 29 heavy (non-hydrogen) atoms. The van der Waals surface area contributed by atoms with Gasteiger partial charge in [-0.3, -0.25) is 4.68 Å². The first kappa shape index (κ1) is 19.5. The number of halogens is 1. The van der Waals surface area contributed by atoms with E-state index in [0.717, 1.165) is 48.8 Å². The molecule has 3 aromatic rings. The highest BCUT2D eigenvalue weighted by Gasteiger charge is 2.16. The van der Waals surface area contributed by atoms with Gasteiger partial charge < -0.3 is 9.64 Å². The summed E-state index contributed by atoms with van der Waals surface area (Å²) in [5, 5.41) is 14.3. The number of morpholine rings is 1. The Kier molecular flexibility index (Phi) is 5.57. The number of nitrogens with zero attached hydrogens (tertiary/aromatic N) is 4. The van der Waals surface area contributed by atoms with Crippen LogP contribution in [0, 0.1) is 25.2 Å². The average Bonchev–Trinajstić information content (AvgIpc) is 3.02. The maximum absolute atomic E-state index is 9.10. The van der Waals surface area contributed by atoms with Gasteiger partial charge in [-0.2, -0.15) is 10.4 Å². The zero-order valence-electron chi connectivity index (χ0n) is 16.7. The van der Waals surface area contributed by atoms with Crippen molar-refractivity contribution in [2.75, 3.05) is 31.2 Å². The molecule has 1 aliphatic heterocycles. The molecule has 0 N–H and O–H groups in total. The highest BCUT2D eigenvalue weighted by atomic mass is 35.5. The van der Waals surface area contributed by atoms with Crippen molar-refractivity contribution < 1.29 is 4.74 Å². The van der Waals surface area contributed by atoms with Gasteiger partial charge in [0.2, 0.25) is 0 Å². The maximum atomic E-state index is 9.10. The summed E-state index contributed by atoms with van der Waals surface area (Å²) in [7, 11) is 0. The molecule has 2 aromatic carbocycles. The largest absolute Gasteiger partial charge is 0.378 e. The van der Waals surface area contributed by atoms with Gasteiger partial charge in [-0.25, -0.2) is 0 Å². The summed E-state index contributed by atoms with van der Waals surface area (Å²) in [5.41, 5.74) is 7.02. The van der Waals surface area contributed by atoms with Crippen LogP contribution in [0.25, 0.3) is 11.1 Å². The molecule has 0 atom stereocenters. The molecule has 0 amide bonds. The summed E-state index contributed by atoms with van der Waals surface area (Å²) < 4.78 is 7.46. The zero-order chi connectivity index (χ0) is 20.4. The van der Waals surface area contributed by atoms with Crippen molar-refractivity contribution in [3.63, 3.8) is 0 Å². The van der Waals surface area contributed by atoms with Gasteiger partial charge in [0.15, 0.2) is 0 Å². The first-order valence-electron chi connectivity index (χ1n) is 9.72. The lowest BCUT2D eigenvalue weighted by molar-refractivity contribution is 0.122. The minimum absolute atomic E-state index is 0.468. The van der Waals surface area contributed by atoms with Crippen molar-refractivity contribution in [1.82, 2.24) is 9.78 Å². The zero-order valence-corrected chi connectivity index (χ0v) is 17.4. The number of rotatable bonds is 4. The van der Waals surface area contributed by atoms with Crippen LogP contribution in [0.4, 0.5) is 5.69 Å². The predicted molar refractivity (Wildman–Crippen MR) is 115 cm³/mol. The first-order valence-corrected chi connectivity index (χ1v) is 10.1. The van der Waals surface area contributed by atoms with Gasteiger partial charge in [-0.05, 0) is 49.2 Å². The van der Waals surface area contributed by atoms with Crippen LogP contribution in [-0.2, 0) is 11.3 Å². The lowest BCUT2D eigenvalue weighted by Gasteiger charge is -2.28. The standard InChI is InChI=1S/C23H23ClN4O/c1-16-23(19-5-6-20(14-25)22(24)13-19)17(2)28(26-16)15-18-3-7-21(8-4-18)27-9-11-29-12-10-27/h3-8,13H,9-12,15H2,1-2H3. The van der Waals surface area contributed by atoms with E-state index in [9.17, 15) is 0 Å². The fourth-order valence-corrected chi connectivity index (χ4v) is 4.06. The van der Waals surface area contributed by atoms with Gasteiger partial charge in [-0.15, -0.1) is 0 Å². The molecule has 0 unspecified atom stereocenters. The van der Waals surface area contributed by atoms with Crippen LogP contribution in [0.2, 0.25) is 5.02 Å². The second kappa shape index (κ2) is 8.28. The van der Waals surface area contributed by atoms with Crippen molar-refractivity contribution in [3.05, 3.63) is 70.0 Å². The van der Waals surface area contributed by atoms with Crippen molar-refractivity contribution in [1.29, 1.82) is 5.26 Å². The number of aromatic nitrogens is 2. The van der Waals surface area contributed by atoms with Crippen LogP contribution in [-0.4, -0.2) is 36.1 Å². The van der Waals surface area contributed by atoms with E-state index in [1.807, 2.05) is 23.7 Å². The molecule has 148 valence electrons. The molecule has 4 rings (SSSR count). The third-order valence-electron chi connectivity index (χ3n) is 5.40. The van der Waals surface area contributed by atoms with Crippen LogP contribution in [0.5, 0.6) is 0 Å². The number of anilines is 1. The fourth-order valence-electron chi connectivity index (χ4n) is 3.84. The SMILES string of the molecule is Cc1nn(Cc2ccc(N3CCOCC3)cc2)c(C)c1-c1ccc(C#N)c(Cl)c1. The Hall–Kier alpha value is -2.81. The number of hydrogen-bond acceptors (Lipinski definition) is 4. The lowest BCUT2D eigenvalue weighted by Crippen LogP contribution is -2.36. The molecule has 1 saturated heterocycles. The van der Waals surface area contributed by atoms with Gasteiger partial charge in [0.25, 0.3) is 0 Å². The van der Waals surface area contributed by atoms with E-state index in [4.69, 9.17) is 26.7 Å². The highest BCUT2D eigenvalue weighted by molar-refractivity contribution is 6.32. The minimum Gasteiger partial charge on any atom is -0.378 e. The topological polar surface area (TPSA) is 54.1 Å². The van der Waals surface area contributed by atoms with E-state index in [0.29, 0.717) is 17.1 Å². The summed E-state index contributed by atoms with van der Waals surface area (Å²) in [4.78, 5) is 2.35. The molecule has 6 heteroatoms. The number of aryl methyl sites for hydroxylation is 1. The number of ether oxygens (including phenoxy) is 1. The molecule has 0 saturated carbocycles. The maximum Gasteiger partial charge on any atom is 0.101 e. The molecular formula is C23H23ClN4O. The van der Waals surface area contributed by atoms with Crippen LogP contribution >= 0.6 is 11.6 Å². The Morgan fingerprint density at radius 2 is 1.83 bits per heavy atom. The molecule has 1 aromatic heterocycles. The summed E-state index contributed by atoms with van der Waals surface area (Å²) in [6, 6.07) is 16.3. The molecule has 2 heterocycles. The van der Waals surface area contributed by atoms with Gasteiger partial charge in [-0.1, -0.05) is 29.8 Å². The third kappa shape index (κ3) is 4.00. The Morgan fingerprint density at radius 1 is 1.10 bits per heavy atom. The predicted octanol–water partition coefficient (Wildman–Crippen LogP) is 4.58. The lowest BCUT2D eigenvalue weighted by atomic mass is 10.0. The van der Waals surface area contributed by atoms with E-state index >= 15 is 0 Å². The number of hydrogen-bond donors (Lipinski definition) is 0. The van der Waals surface area contributed by atoms with E-state index in [2.05, 4.69) is 42.2 Å². The number of nitriles is 1. The molecule has 0 bridgehead atoms. The van der Waals surface area contributed by atoms with E-state index in [1.54, 1.807) is 6.07 Å². The Balaban J connectivity index is 1.56. The van der Waals surface area contributed by atoms with Crippen molar-refractivity contribution in [2.24, 2.45) is 0 Å². The molecule has 5 nitrogen and oxygen atoms in total. The minimum atomic E-state index is 0.468. The molecule has 1 aliphatic rings. The summed E-state index contributed by atoms with van der Waals surface area (Å²) in [5.74, 6) is 0. The van der Waals surface area contributed by atoms with Crippen molar-refractivity contribution >= 4 is 17.3 Å². The van der Waals surface area contributed by atoms with Gasteiger partial charge in [0.05, 0.1) is 36.0 Å². The van der Waals surface area contributed by atoms with Crippen LogP contribution < -0.4 is 4.90 Å². The molecule has 0 radical (unpaired) electrons. The molecule has 0 aliphatic carbocycles. The van der Waals surface area contributed by atoms with Crippen LogP contribution in [0.15, 0.2) is 42.5 Å². The van der Waals surface area contributed by atoms with Crippen LogP contribution in [0.1, 0.15) is 22.5 Å². The van der Waals surface area contributed by atoms with Gasteiger partial charge in [0, 0.05) is 30.0 Å². The summed E-state index contributed by atoms with van der Waals surface area (Å²) in [6.45, 7) is 8.24. The summed E-state index contributed by atoms with van der Waals surface area (Å²) in [6.07, 6.45) is 0. The van der Waals surface area contributed by atoms with Crippen molar-refractivity contribution in [2.45, 2.75) is 20.4 Å². The quantitative estimate of drug-likeness (QED) is 0.636. The van der Waals surface area contributed by atoms with Crippen molar-refractivity contribution in [3.8, 4) is 17.2 Å². The van der Waals surface area contributed by atoms with E-state index in [1.165, 1.54) is 11.3 Å². The smallest absolute Gasteiger partial charge is 0.101 e. The van der Waals surface area contributed by atoms with Gasteiger partial charge >= 0.3 is 0 Å². The van der Waals surface area contributed by atoms with E-state index < -0.39 is 0 Å². The Labute approximate surface area is 176 Å². The highest BCUT2D eigenvalue weighted by Crippen LogP contribution is 2.30. The Morgan fingerprint density at radius 3 is 2.48 bits per heavy atom. The number of benzene rings is 2. The molecular weight excluding hydrogens is 384 g/mol. The second-order valence-corrected chi connectivity index (χ2v) is 7.68. The summed E-state index contributed by atoms with van der Waals surface area (Å²) >= 11 is 6.24. The monoisotopic (exact) mass is 406 g/mol. The third-order valence-corrected chi connectivity index (χ3v) is 5.72. The Bertz CT molecular complexity index is 1060. The van der Waals surface area contributed by atoms with Crippen LogP contribution in [0.3, 0.4) is 0 Å². The van der Waals surface area contributed by atoms with E-state index in [-0.39, 0.29) is 0 Å². The first-order chi connectivity index (χ1) is 14.1. The average molecular weight is 407 g/mol. The second-order valence-electron chi connectivity index (χ2n) is 7.28. The molecule has 1 fully saturated rings. The molecule has 0 spiro atoms. The normalized spacial score (nSPS) is 14.1. The van der Waals surface area contributed by atoms with Gasteiger partial charge in [0.1, 0.15) is 6.07 Å². The fraction of sp³-hybridized carbons (Fsp3) is 0.304.